The molecule has 102 valence electrons. The second kappa shape index (κ2) is 6.41. The summed E-state index contributed by atoms with van der Waals surface area (Å²) in [6.45, 7) is 4.14. The third kappa shape index (κ3) is 3.72. The molecule has 1 aromatic heterocycles. The van der Waals surface area contributed by atoms with Gasteiger partial charge in [-0.2, -0.15) is 0 Å². The van der Waals surface area contributed by atoms with Crippen LogP contribution in [0, 0.1) is 0 Å². The first-order valence-corrected chi connectivity index (χ1v) is 7.40. The second-order valence-electron chi connectivity index (χ2n) is 4.50. The van der Waals surface area contributed by atoms with Crippen molar-refractivity contribution in [2.45, 2.75) is 31.1 Å². The SMILES string of the molecule is CC(C)n1cnnc1SCC(O)c1cccc(Cl)c1. The lowest BCUT2D eigenvalue weighted by Crippen LogP contribution is -2.04. The van der Waals surface area contributed by atoms with Crippen LogP contribution in [-0.2, 0) is 0 Å². The van der Waals surface area contributed by atoms with Crippen LogP contribution in [0.4, 0.5) is 0 Å². The molecule has 1 heterocycles. The largest absolute Gasteiger partial charge is 0.388 e. The van der Waals surface area contributed by atoms with E-state index in [4.69, 9.17) is 11.6 Å². The van der Waals surface area contributed by atoms with Crippen LogP contribution in [0.25, 0.3) is 0 Å². The molecule has 1 aromatic carbocycles. The number of aromatic nitrogens is 3. The maximum Gasteiger partial charge on any atom is 0.191 e. The molecule has 0 aliphatic rings. The van der Waals surface area contributed by atoms with Crippen molar-refractivity contribution in [3.05, 3.63) is 41.2 Å². The summed E-state index contributed by atoms with van der Waals surface area (Å²) >= 11 is 7.40. The van der Waals surface area contributed by atoms with Crippen molar-refractivity contribution in [3.63, 3.8) is 0 Å². The fraction of sp³-hybridized carbons (Fsp3) is 0.385. The van der Waals surface area contributed by atoms with Gasteiger partial charge in [-0.15, -0.1) is 10.2 Å². The Labute approximate surface area is 121 Å². The quantitative estimate of drug-likeness (QED) is 0.860. The highest BCUT2D eigenvalue weighted by Gasteiger charge is 2.13. The molecular formula is C13H16ClN3OS. The zero-order valence-corrected chi connectivity index (χ0v) is 12.4. The molecule has 0 aliphatic carbocycles. The minimum Gasteiger partial charge on any atom is -0.388 e. The highest BCUT2D eigenvalue weighted by Crippen LogP contribution is 2.26. The molecule has 0 saturated heterocycles. The number of rotatable bonds is 5. The van der Waals surface area contributed by atoms with Gasteiger partial charge in [-0.25, -0.2) is 0 Å². The summed E-state index contributed by atoms with van der Waals surface area (Å²) in [5.74, 6) is 0.520. The first-order chi connectivity index (χ1) is 9.08. The van der Waals surface area contributed by atoms with E-state index in [1.165, 1.54) is 11.8 Å². The van der Waals surface area contributed by atoms with Gasteiger partial charge in [0.05, 0.1) is 6.10 Å². The Balaban J connectivity index is 2.00. The van der Waals surface area contributed by atoms with Gasteiger partial charge in [0.1, 0.15) is 6.33 Å². The van der Waals surface area contributed by atoms with E-state index in [0.717, 1.165) is 10.7 Å². The molecule has 2 aromatic rings. The van der Waals surface area contributed by atoms with Crippen LogP contribution in [0.2, 0.25) is 5.02 Å². The van der Waals surface area contributed by atoms with E-state index in [1.54, 1.807) is 18.5 Å². The van der Waals surface area contributed by atoms with E-state index in [2.05, 4.69) is 24.0 Å². The number of nitrogens with zero attached hydrogens (tertiary/aromatic N) is 3. The molecule has 1 N–H and O–H groups in total. The number of thioether (sulfide) groups is 1. The molecule has 4 nitrogen and oxygen atoms in total. The Kier molecular flexibility index (Phi) is 4.85. The minimum atomic E-state index is -0.569. The van der Waals surface area contributed by atoms with Gasteiger partial charge in [0.15, 0.2) is 5.16 Å². The first kappa shape index (κ1) is 14.4. The average Bonchev–Trinajstić information content (AvgIpc) is 2.84. The Bertz CT molecular complexity index is 544. The molecule has 0 amide bonds. The van der Waals surface area contributed by atoms with E-state index in [9.17, 15) is 5.11 Å². The van der Waals surface area contributed by atoms with Gasteiger partial charge in [-0.05, 0) is 31.5 Å². The summed E-state index contributed by atoms with van der Waals surface area (Å²) in [7, 11) is 0. The first-order valence-electron chi connectivity index (χ1n) is 6.03. The van der Waals surface area contributed by atoms with Crippen LogP contribution in [0.1, 0.15) is 31.6 Å². The molecule has 2 rings (SSSR count). The lowest BCUT2D eigenvalue weighted by atomic mass is 10.1. The third-order valence-corrected chi connectivity index (χ3v) is 3.97. The van der Waals surface area contributed by atoms with E-state index in [0.29, 0.717) is 16.8 Å². The summed E-state index contributed by atoms with van der Waals surface area (Å²) in [4.78, 5) is 0. The highest BCUT2D eigenvalue weighted by molar-refractivity contribution is 7.99. The number of aliphatic hydroxyl groups is 1. The zero-order chi connectivity index (χ0) is 13.8. The van der Waals surface area contributed by atoms with Crippen molar-refractivity contribution in [2.75, 3.05) is 5.75 Å². The number of halogens is 1. The number of hydrogen-bond donors (Lipinski definition) is 1. The standard InChI is InChI=1S/C13H16ClN3OS/c1-9(2)17-8-15-16-13(17)19-7-12(18)10-4-3-5-11(14)6-10/h3-6,8-9,12,18H,7H2,1-2H3. The van der Waals surface area contributed by atoms with Crippen molar-refractivity contribution in [1.82, 2.24) is 14.8 Å². The van der Waals surface area contributed by atoms with Crippen molar-refractivity contribution in [3.8, 4) is 0 Å². The van der Waals surface area contributed by atoms with Gasteiger partial charge in [0.25, 0.3) is 0 Å². The molecule has 0 saturated carbocycles. The van der Waals surface area contributed by atoms with Crippen molar-refractivity contribution in [2.24, 2.45) is 0 Å². The lowest BCUT2D eigenvalue weighted by molar-refractivity contribution is 0.204. The van der Waals surface area contributed by atoms with Crippen LogP contribution < -0.4 is 0 Å². The van der Waals surface area contributed by atoms with Gasteiger partial charge >= 0.3 is 0 Å². The second-order valence-corrected chi connectivity index (χ2v) is 5.92. The predicted octanol–water partition coefficient (Wildman–Crippen LogP) is 3.34. The molecule has 19 heavy (non-hydrogen) atoms. The average molecular weight is 298 g/mol. The van der Waals surface area contributed by atoms with Crippen molar-refractivity contribution in [1.29, 1.82) is 0 Å². The van der Waals surface area contributed by atoms with Crippen LogP contribution in [0.5, 0.6) is 0 Å². The van der Waals surface area contributed by atoms with Gasteiger partial charge in [-0.1, -0.05) is 35.5 Å². The summed E-state index contributed by atoms with van der Waals surface area (Å²) in [6, 6.07) is 7.58. The number of hydrogen-bond acceptors (Lipinski definition) is 4. The highest BCUT2D eigenvalue weighted by atomic mass is 35.5. The minimum absolute atomic E-state index is 0.306. The topological polar surface area (TPSA) is 50.9 Å². The molecule has 0 aliphatic heterocycles. The Morgan fingerprint density at radius 2 is 2.21 bits per heavy atom. The van der Waals surface area contributed by atoms with Gasteiger partial charge in [-0.3, -0.25) is 0 Å². The van der Waals surface area contributed by atoms with Crippen molar-refractivity contribution >= 4 is 23.4 Å². The summed E-state index contributed by atoms with van der Waals surface area (Å²) in [6.07, 6.45) is 1.14. The smallest absolute Gasteiger partial charge is 0.191 e. The zero-order valence-electron chi connectivity index (χ0n) is 10.8. The molecule has 1 atom stereocenters. The third-order valence-electron chi connectivity index (χ3n) is 2.70. The normalized spacial score (nSPS) is 12.9. The van der Waals surface area contributed by atoms with Gasteiger partial charge in [0, 0.05) is 16.8 Å². The molecule has 0 spiro atoms. The summed E-state index contributed by atoms with van der Waals surface area (Å²) < 4.78 is 1.98. The Hall–Kier alpha value is -1.04. The van der Waals surface area contributed by atoms with Crippen molar-refractivity contribution < 1.29 is 5.11 Å². The van der Waals surface area contributed by atoms with Crippen LogP contribution in [0.3, 0.4) is 0 Å². The molecule has 6 heteroatoms. The van der Waals surface area contributed by atoms with Gasteiger partial charge in [0.2, 0.25) is 0 Å². The van der Waals surface area contributed by atoms with Crippen LogP contribution >= 0.6 is 23.4 Å². The van der Waals surface area contributed by atoms with E-state index in [1.807, 2.05) is 16.7 Å². The Morgan fingerprint density at radius 3 is 2.89 bits per heavy atom. The van der Waals surface area contributed by atoms with E-state index >= 15 is 0 Å². The molecule has 0 fully saturated rings. The maximum absolute atomic E-state index is 10.1. The van der Waals surface area contributed by atoms with Crippen LogP contribution in [-0.4, -0.2) is 25.6 Å². The molecule has 0 bridgehead atoms. The number of aliphatic hydroxyl groups excluding tert-OH is 1. The maximum atomic E-state index is 10.1. The molecule has 1 unspecified atom stereocenters. The summed E-state index contributed by atoms with van der Waals surface area (Å²) in [5, 5.41) is 19.5. The lowest BCUT2D eigenvalue weighted by Gasteiger charge is -2.12. The van der Waals surface area contributed by atoms with Crippen LogP contribution in [0.15, 0.2) is 35.7 Å². The Morgan fingerprint density at radius 1 is 1.42 bits per heavy atom. The van der Waals surface area contributed by atoms with E-state index in [-0.39, 0.29) is 0 Å². The number of benzene rings is 1. The fourth-order valence-corrected chi connectivity index (χ4v) is 2.86. The molecule has 0 radical (unpaired) electrons. The van der Waals surface area contributed by atoms with Gasteiger partial charge < -0.3 is 9.67 Å². The monoisotopic (exact) mass is 297 g/mol. The van der Waals surface area contributed by atoms with E-state index < -0.39 is 6.10 Å². The predicted molar refractivity (Wildman–Crippen MR) is 77.5 cm³/mol. The molecular weight excluding hydrogens is 282 g/mol. The fourth-order valence-electron chi connectivity index (χ4n) is 1.65. The summed E-state index contributed by atoms with van der Waals surface area (Å²) in [5.41, 5.74) is 0.815.